The number of hydrogen-bond donors (Lipinski definition) is 1. The second-order valence-corrected chi connectivity index (χ2v) is 5.73. The molecule has 0 aliphatic carbocycles. The van der Waals surface area contributed by atoms with Crippen molar-refractivity contribution in [2.45, 2.75) is 13.0 Å². The number of aliphatic hydroxyl groups excluding tert-OH is 1. The first-order valence-electron chi connectivity index (χ1n) is 7.87. The molecule has 23 heavy (non-hydrogen) atoms. The highest BCUT2D eigenvalue weighted by Crippen LogP contribution is 2.15. The van der Waals surface area contributed by atoms with Crippen LogP contribution in [0.3, 0.4) is 0 Å². The molecular weight excluding hydrogens is 290 g/mol. The highest BCUT2D eigenvalue weighted by molar-refractivity contribution is 5.79. The fourth-order valence-corrected chi connectivity index (χ4v) is 2.88. The van der Waals surface area contributed by atoms with Crippen LogP contribution in [0.25, 0.3) is 0 Å². The maximum Gasteiger partial charge on any atom is 0.227 e. The van der Waals surface area contributed by atoms with E-state index in [4.69, 9.17) is 0 Å². The Morgan fingerprint density at radius 1 is 1.09 bits per heavy atom. The molecule has 0 spiro atoms. The summed E-state index contributed by atoms with van der Waals surface area (Å²) in [6.07, 6.45) is 4.02. The summed E-state index contributed by atoms with van der Waals surface area (Å²) >= 11 is 0. The zero-order valence-corrected chi connectivity index (χ0v) is 13.1. The van der Waals surface area contributed by atoms with Gasteiger partial charge in [-0.2, -0.15) is 0 Å². The summed E-state index contributed by atoms with van der Waals surface area (Å²) in [5, 5.41) is 9.18. The van der Waals surface area contributed by atoms with Crippen LogP contribution in [-0.2, 0) is 17.8 Å². The number of nitrogens with zero attached hydrogens (tertiary/aromatic N) is 3. The molecule has 1 saturated heterocycles. The van der Waals surface area contributed by atoms with Gasteiger partial charge in [-0.05, 0) is 23.3 Å². The Kier molecular flexibility index (Phi) is 4.88. The van der Waals surface area contributed by atoms with Crippen molar-refractivity contribution in [3.05, 3.63) is 59.9 Å². The van der Waals surface area contributed by atoms with E-state index in [0.29, 0.717) is 6.42 Å². The minimum absolute atomic E-state index is 0.00577. The van der Waals surface area contributed by atoms with E-state index in [9.17, 15) is 9.90 Å². The van der Waals surface area contributed by atoms with Gasteiger partial charge in [0.2, 0.25) is 5.91 Å². The van der Waals surface area contributed by atoms with Crippen LogP contribution < -0.4 is 4.90 Å². The third-order valence-corrected chi connectivity index (χ3v) is 4.17. The van der Waals surface area contributed by atoms with E-state index in [-0.39, 0.29) is 12.5 Å². The molecule has 1 aromatic carbocycles. The van der Waals surface area contributed by atoms with Crippen molar-refractivity contribution in [3.8, 4) is 0 Å². The van der Waals surface area contributed by atoms with Crippen molar-refractivity contribution >= 4 is 11.6 Å². The van der Waals surface area contributed by atoms with E-state index in [2.05, 4.69) is 9.88 Å². The van der Waals surface area contributed by atoms with Crippen molar-refractivity contribution in [1.29, 1.82) is 0 Å². The SMILES string of the molecule is O=C(Cc1cccc(CO)c1)N1CCN(c2cccnc2)CC1. The number of amides is 1. The van der Waals surface area contributed by atoms with Crippen LogP contribution in [-0.4, -0.2) is 47.1 Å². The van der Waals surface area contributed by atoms with Crippen molar-refractivity contribution < 1.29 is 9.90 Å². The average molecular weight is 311 g/mol. The number of benzene rings is 1. The highest BCUT2D eigenvalue weighted by Gasteiger charge is 2.21. The van der Waals surface area contributed by atoms with Crippen molar-refractivity contribution in [2.75, 3.05) is 31.1 Å². The van der Waals surface area contributed by atoms with Crippen molar-refractivity contribution in [2.24, 2.45) is 0 Å². The first-order chi connectivity index (χ1) is 11.3. The molecule has 0 radical (unpaired) electrons. The Balaban J connectivity index is 1.56. The molecule has 1 N–H and O–H groups in total. The van der Waals surface area contributed by atoms with Crippen LogP contribution in [0.1, 0.15) is 11.1 Å². The molecule has 3 rings (SSSR count). The monoisotopic (exact) mass is 311 g/mol. The lowest BCUT2D eigenvalue weighted by Crippen LogP contribution is -2.49. The highest BCUT2D eigenvalue weighted by atomic mass is 16.3. The van der Waals surface area contributed by atoms with Gasteiger partial charge in [-0.25, -0.2) is 0 Å². The molecule has 0 bridgehead atoms. The predicted octanol–water partition coefficient (Wildman–Crippen LogP) is 1.47. The molecule has 2 aromatic rings. The number of piperazine rings is 1. The second-order valence-electron chi connectivity index (χ2n) is 5.73. The lowest BCUT2D eigenvalue weighted by Gasteiger charge is -2.36. The van der Waals surface area contributed by atoms with Gasteiger partial charge in [-0.1, -0.05) is 24.3 Å². The van der Waals surface area contributed by atoms with Gasteiger partial charge in [0.25, 0.3) is 0 Å². The summed E-state index contributed by atoms with van der Waals surface area (Å²) in [6, 6.07) is 11.5. The van der Waals surface area contributed by atoms with Crippen molar-refractivity contribution in [3.63, 3.8) is 0 Å². The topological polar surface area (TPSA) is 56.7 Å². The fraction of sp³-hybridized carbons (Fsp3) is 0.333. The average Bonchev–Trinajstić information content (AvgIpc) is 2.63. The molecule has 0 unspecified atom stereocenters. The molecule has 0 saturated carbocycles. The van der Waals surface area contributed by atoms with E-state index < -0.39 is 0 Å². The zero-order valence-electron chi connectivity index (χ0n) is 13.1. The molecule has 5 nitrogen and oxygen atoms in total. The van der Waals surface area contributed by atoms with Crippen LogP contribution in [0.4, 0.5) is 5.69 Å². The fourth-order valence-electron chi connectivity index (χ4n) is 2.88. The van der Waals surface area contributed by atoms with Crippen LogP contribution in [0.2, 0.25) is 0 Å². The minimum Gasteiger partial charge on any atom is -0.392 e. The van der Waals surface area contributed by atoms with Crippen LogP contribution in [0.15, 0.2) is 48.8 Å². The Morgan fingerprint density at radius 3 is 2.57 bits per heavy atom. The second kappa shape index (κ2) is 7.24. The Hall–Kier alpha value is -2.40. The molecule has 1 amide bonds. The molecule has 5 heteroatoms. The molecule has 0 atom stereocenters. The number of aliphatic hydroxyl groups is 1. The molecule has 1 aliphatic heterocycles. The first-order valence-corrected chi connectivity index (χ1v) is 7.87. The van der Waals surface area contributed by atoms with Crippen molar-refractivity contribution in [1.82, 2.24) is 9.88 Å². The molecule has 2 heterocycles. The Labute approximate surface area is 136 Å². The van der Waals surface area contributed by atoms with Gasteiger partial charge in [-0.15, -0.1) is 0 Å². The van der Waals surface area contributed by atoms with Crippen LogP contribution in [0.5, 0.6) is 0 Å². The normalized spacial score (nSPS) is 14.8. The summed E-state index contributed by atoms with van der Waals surface area (Å²) in [6.45, 7) is 3.12. The molecule has 1 aromatic heterocycles. The first kappa shape index (κ1) is 15.5. The number of hydrogen-bond acceptors (Lipinski definition) is 4. The summed E-state index contributed by atoms with van der Waals surface area (Å²) in [5.41, 5.74) is 2.91. The van der Waals surface area contributed by atoms with E-state index in [1.807, 2.05) is 47.5 Å². The van der Waals surface area contributed by atoms with E-state index in [1.54, 1.807) is 6.20 Å². The number of anilines is 1. The van der Waals surface area contributed by atoms with Gasteiger partial charge < -0.3 is 14.9 Å². The Morgan fingerprint density at radius 2 is 1.87 bits per heavy atom. The van der Waals surface area contributed by atoms with E-state index >= 15 is 0 Å². The van der Waals surface area contributed by atoms with Gasteiger partial charge in [0.1, 0.15) is 0 Å². The summed E-state index contributed by atoms with van der Waals surface area (Å²) in [7, 11) is 0. The van der Waals surface area contributed by atoms with Gasteiger partial charge >= 0.3 is 0 Å². The quantitative estimate of drug-likeness (QED) is 0.929. The molecular formula is C18H21N3O2. The largest absolute Gasteiger partial charge is 0.392 e. The van der Waals surface area contributed by atoms with E-state index in [1.165, 1.54) is 0 Å². The zero-order chi connectivity index (χ0) is 16.1. The summed E-state index contributed by atoms with van der Waals surface area (Å²) < 4.78 is 0. The lowest BCUT2D eigenvalue weighted by molar-refractivity contribution is -0.130. The lowest BCUT2D eigenvalue weighted by atomic mass is 10.1. The molecule has 120 valence electrons. The van der Waals surface area contributed by atoms with Gasteiger partial charge in [-0.3, -0.25) is 9.78 Å². The Bertz CT molecular complexity index is 652. The number of pyridine rings is 1. The number of rotatable bonds is 4. The third-order valence-electron chi connectivity index (χ3n) is 4.17. The summed E-state index contributed by atoms with van der Waals surface area (Å²) in [5.74, 6) is 0.144. The van der Waals surface area contributed by atoms with Crippen LogP contribution in [0, 0.1) is 0 Å². The number of aromatic nitrogens is 1. The third kappa shape index (κ3) is 3.87. The van der Waals surface area contributed by atoms with Gasteiger partial charge in [0, 0.05) is 32.4 Å². The van der Waals surface area contributed by atoms with E-state index in [0.717, 1.165) is 43.0 Å². The maximum absolute atomic E-state index is 12.4. The number of carbonyl (C=O) groups is 1. The minimum atomic E-state index is 0.00577. The maximum atomic E-state index is 12.4. The predicted molar refractivity (Wildman–Crippen MR) is 89.1 cm³/mol. The molecule has 1 fully saturated rings. The van der Waals surface area contributed by atoms with Gasteiger partial charge in [0.05, 0.1) is 24.9 Å². The van der Waals surface area contributed by atoms with Gasteiger partial charge in [0.15, 0.2) is 0 Å². The summed E-state index contributed by atoms with van der Waals surface area (Å²) in [4.78, 5) is 20.8. The molecule has 1 aliphatic rings. The number of carbonyl (C=O) groups excluding carboxylic acids is 1. The standard InChI is InChI=1S/C18H21N3O2/c22-14-16-4-1-3-15(11-16)12-18(23)21-9-7-20(8-10-21)17-5-2-6-19-13-17/h1-6,11,13,22H,7-10,12,14H2. The smallest absolute Gasteiger partial charge is 0.227 e. The van der Waals surface area contributed by atoms with Crippen LogP contribution >= 0.6 is 0 Å².